The van der Waals surface area contributed by atoms with Gasteiger partial charge in [-0.1, -0.05) is 60.5 Å². The van der Waals surface area contributed by atoms with E-state index in [1.165, 1.54) is 17.7 Å². The molecule has 0 saturated heterocycles. The van der Waals surface area contributed by atoms with E-state index in [0.717, 1.165) is 47.5 Å². The van der Waals surface area contributed by atoms with Crippen molar-refractivity contribution in [1.29, 1.82) is 0 Å². The Morgan fingerprint density at radius 3 is 2.31 bits per heavy atom. The van der Waals surface area contributed by atoms with E-state index < -0.39 is 23.8 Å². The van der Waals surface area contributed by atoms with Gasteiger partial charge in [0, 0.05) is 35.7 Å². The minimum atomic E-state index is -1.00. The Kier molecular flexibility index (Phi) is 17.4. The summed E-state index contributed by atoms with van der Waals surface area (Å²) >= 11 is 3.51. The molecule has 1 amide bonds. The number of unbranched alkanes of at least 4 members (excludes halogenated alkanes) is 1. The van der Waals surface area contributed by atoms with Crippen LogP contribution in [0.5, 0.6) is 0 Å². The summed E-state index contributed by atoms with van der Waals surface area (Å²) < 4.78 is 28.6. The highest BCUT2D eigenvalue weighted by atomic mass is 79.9. The van der Waals surface area contributed by atoms with Crippen molar-refractivity contribution in [3.05, 3.63) is 105 Å². The van der Waals surface area contributed by atoms with Crippen molar-refractivity contribution in [3.8, 4) is 0 Å². The molecule has 10 heteroatoms. The van der Waals surface area contributed by atoms with Crippen LogP contribution in [0.4, 0.5) is 8.78 Å². The largest absolute Gasteiger partial charge is 0.390 e. The quantitative estimate of drug-likeness (QED) is 0.163. The van der Waals surface area contributed by atoms with Crippen LogP contribution in [0.1, 0.15) is 59.3 Å². The standard InChI is InChI=1S/C32H40BrF2N3O2.2ClH/c1-4-6-10-38(3)21-25-12-26(17-27(33)13-25)32(40)37-30(16-24-14-28(34)18-29(35)15-24)31(39)20-36-19-23-9-7-8-22(5-2)11-23;;/h7-9,11-15,17-18,30-31,36,39H,4-6,10,16,19-21H2,1-3H3,(H,37,40);2*1H/t30-,31-;;/m0../s1. The average Bonchev–Trinajstić information content (AvgIpc) is 2.90. The zero-order valence-electron chi connectivity index (χ0n) is 24.3. The molecule has 0 radical (unpaired) electrons. The second-order valence-corrected chi connectivity index (χ2v) is 11.3. The topological polar surface area (TPSA) is 64.6 Å². The van der Waals surface area contributed by atoms with E-state index in [-0.39, 0.29) is 43.7 Å². The number of benzene rings is 3. The van der Waals surface area contributed by atoms with Crippen LogP contribution in [-0.2, 0) is 25.9 Å². The first-order valence-electron chi connectivity index (χ1n) is 13.9. The van der Waals surface area contributed by atoms with E-state index in [0.29, 0.717) is 24.2 Å². The van der Waals surface area contributed by atoms with Crippen molar-refractivity contribution in [2.75, 3.05) is 20.1 Å². The average molecular weight is 690 g/mol. The van der Waals surface area contributed by atoms with Crippen LogP contribution < -0.4 is 10.6 Å². The van der Waals surface area contributed by atoms with Crippen molar-refractivity contribution >= 4 is 46.7 Å². The normalized spacial score (nSPS) is 12.3. The molecular formula is C32H42BrCl2F2N3O2. The smallest absolute Gasteiger partial charge is 0.251 e. The van der Waals surface area contributed by atoms with Gasteiger partial charge in [0.25, 0.3) is 5.91 Å². The van der Waals surface area contributed by atoms with Crippen molar-refractivity contribution in [2.45, 2.75) is 64.8 Å². The summed E-state index contributed by atoms with van der Waals surface area (Å²) in [7, 11) is 2.05. The molecule has 0 aliphatic heterocycles. The van der Waals surface area contributed by atoms with Gasteiger partial charge < -0.3 is 20.6 Å². The van der Waals surface area contributed by atoms with Gasteiger partial charge >= 0.3 is 0 Å². The monoisotopic (exact) mass is 687 g/mol. The number of amides is 1. The highest BCUT2D eigenvalue weighted by Crippen LogP contribution is 2.19. The molecule has 0 heterocycles. The maximum absolute atomic E-state index is 13.9. The number of rotatable bonds is 15. The number of carbonyl (C=O) groups is 1. The molecule has 5 nitrogen and oxygen atoms in total. The molecule has 0 aromatic heterocycles. The molecular weight excluding hydrogens is 647 g/mol. The summed E-state index contributed by atoms with van der Waals surface area (Å²) in [6.45, 7) is 6.62. The molecule has 232 valence electrons. The maximum Gasteiger partial charge on any atom is 0.251 e. The molecule has 3 N–H and O–H groups in total. The van der Waals surface area contributed by atoms with E-state index in [1.54, 1.807) is 6.07 Å². The summed E-state index contributed by atoms with van der Waals surface area (Å²) in [5, 5.41) is 17.3. The predicted octanol–water partition coefficient (Wildman–Crippen LogP) is 6.86. The Labute approximate surface area is 269 Å². The molecule has 0 unspecified atom stereocenters. The Bertz CT molecular complexity index is 1250. The van der Waals surface area contributed by atoms with E-state index in [4.69, 9.17) is 0 Å². The van der Waals surface area contributed by atoms with Gasteiger partial charge in [0.05, 0.1) is 12.1 Å². The van der Waals surface area contributed by atoms with E-state index in [2.05, 4.69) is 57.4 Å². The Morgan fingerprint density at radius 1 is 0.952 bits per heavy atom. The van der Waals surface area contributed by atoms with Crippen molar-refractivity contribution in [3.63, 3.8) is 0 Å². The zero-order chi connectivity index (χ0) is 29.1. The molecule has 0 fully saturated rings. The van der Waals surface area contributed by atoms with Crippen LogP contribution in [0, 0.1) is 11.6 Å². The number of carbonyl (C=O) groups excluding carboxylic acids is 1. The van der Waals surface area contributed by atoms with Gasteiger partial charge in [-0.25, -0.2) is 8.78 Å². The number of aliphatic hydroxyl groups is 1. The van der Waals surface area contributed by atoms with Crippen molar-refractivity contribution in [1.82, 2.24) is 15.5 Å². The second kappa shape index (κ2) is 19.3. The number of hydrogen-bond donors (Lipinski definition) is 3. The van der Waals surface area contributed by atoms with Crippen LogP contribution >= 0.6 is 40.7 Å². The SMILES string of the molecule is CCCCN(C)Cc1cc(Br)cc(C(=O)N[C@@H](Cc2cc(F)cc(F)c2)[C@@H](O)CNCc2cccc(CC)c2)c1.Cl.Cl. The van der Waals surface area contributed by atoms with Gasteiger partial charge in [0.1, 0.15) is 11.6 Å². The summed E-state index contributed by atoms with van der Waals surface area (Å²) in [6.07, 6.45) is 2.19. The van der Waals surface area contributed by atoms with Gasteiger partial charge in [0.15, 0.2) is 0 Å². The van der Waals surface area contributed by atoms with Crippen molar-refractivity contribution in [2.24, 2.45) is 0 Å². The molecule has 3 rings (SSSR count). The third kappa shape index (κ3) is 12.7. The Hall–Kier alpha value is -2.07. The lowest BCUT2D eigenvalue weighted by Gasteiger charge is -2.25. The van der Waals surface area contributed by atoms with Crippen molar-refractivity contribution < 1.29 is 18.7 Å². The molecule has 3 aromatic rings. The molecule has 0 aliphatic rings. The molecule has 42 heavy (non-hydrogen) atoms. The second-order valence-electron chi connectivity index (χ2n) is 10.4. The van der Waals surface area contributed by atoms with E-state index in [1.807, 2.05) is 31.3 Å². The minimum Gasteiger partial charge on any atom is -0.390 e. The summed E-state index contributed by atoms with van der Waals surface area (Å²) in [6, 6.07) is 16.2. The Morgan fingerprint density at radius 2 is 1.64 bits per heavy atom. The van der Waals surface area contributed by atoms with Crippen LogP contribution in [0.2, 0.25) is 0 Å². The van der Waals surface area contributed by atoms with Crippen LogP contribution in [0.25, 0.3) is 0 Å². The highest BCUT2D eigenvalue weighted by molar-refractivity contribution is 9.10. The fourth-order valence-electron chi connectivity index (χ4n) is 4.68. The number of nitrogens with one attached hydrogen (secondary N) is 2. The van der Waals surface area contributed by atoms with Gasteiger partial charge in [-0.2, -0.15) is 0 Å². The maximum atomic E-state index is 13.9. The molecule has 0 aliphatic carbocycles. The first kappa shape index (κ1) is 38.0. The minimum absolute atomic E-state index is 0. The highest BCUT2D eigenvalue weighted by Gasteiger charge is 2.23. The molecule has 2 atom stereocenters. The molecule has 0 spiro atoms. The van der Waals surface area contributed by atoms with Gasteiger partial charge in [-0.3, -0.25) is 4.79 Å². The fourth-order valence-corrected chi connectivity index (χ4v) is 5.22. The third-order valence-corrected chi connectivity index (χ3v) is 7.26. The number of aryl methyl sites for hydroxylation is 1. The molecule has 0 bridgehead atoms. The number of hydrogen-bond acceptors (Lipinski definition) is 4. The number of aliphatic hydroxyl groups excluding tert-OH is 1. The number of halogens is 5. The summed E-state index contributed by atoms with van der Waals surface area (Å²) in [5.74, 6) is -1.77. The lowest BCUT2D eigenvalue weighted by atomic mass is 9.99. The van der Waals surface area contributed by atoms with E-state index in [9.17, 15) is 18.7 Å². The lowest BCUT2D eigenvalue weighted by molar-refractivity contribution is 0.0829. The first-order chi connectivity index (χ1) is 19.2. The Balaban J connectivity index is 0.00000441. The van der Waals surface area contributed by atoms with Gasteiger partial charge in [-0.05, 0) is 85.4 Å². The fraction of sp³-hybridized carbons (Fsp3) is 0.406. The lowest BCUT2D eigenvalue weighted by Crippen LogP contribution is -2.48. The van der Waals surface area contributed by atoms with Gasteiger partial charge in [-0.15, -0.1) is 24.8 Å². The van der Waals surface area contributed by atoms with Crippen LogP contribution in [0.15, 0.2) is 65.1 Å². The summed E-state index contributed by atoms with van der Waals surface area (Å²) in [4.78, 5) is 15.6. The number of nitrogens with zero attached hydrogens (tertiary/aromatic N) is 1. The zero-order valence-corrected chi connectivity index (χ0v) is 27.6. The third-order valence-electron chi connectivity index (χ3n) is 6.81. The molecule has 0 saturated carbocycles. The molecule has 3 aromatic carbocycles. The van der Waals surface area contributed by atoms with Gasteiger partial charge in [0.2, 0.25) is 0 Å². The van der Waals surface area contributed by atoms with E-state index >= 15 is 0 Å². The van der Waals surface area contributed by atoms with Crippen LogP contribution in [0.3, 0.4) is 0 Å². The predicted molar refractivity (Wildman–Crippen MR) is 175 cm³/mol. The first-order valence-corrected chi connectivity index (χ1v) is 14.7. The summed E-state index contributed by atoms with van der Waals surface area (Å²) in [5.41, 5.74) is 4.09. The van der Waals surface area contributed by atoms with Crippen LogP contribution in [-0.4, -0.2) is 48.2 Å².